The number of amides is 1. The third-order valence-corrected chi connectivity index (χ3v) is 8.89. The molecule has 47 heavy (non-hydrogen) atoms. The van der Waals surface area contributed by atoms with Crippen LogP contribution in [0.3, 0.4) is 0 Å². The zero-order valence-electron chi connectivity index (χ0n) is 26.9. The molecule has 1 heterocycles. The Hall–Kier alpha value is -5.09. The van der Waals surface area contributed by atoms with Crippen LogP contribution in [-0.2, 0) is 24.3 Å². The van der Waals surface area contributed by atoms with E-state index in [-0.39, 0.29) is 30.0 Å². The number of nitro groups is 1. The highest BCUT2D eigenvalue weighted by molar-refractivity contribution is 7.80. The Kier molecular flexibility index (Phi) is 11.0. The molecule has 4 aromatic carbocycles. The number of nitrogens with zero attached hydrogens (tertiary/aromatic N) is 4. The molecule has 2 atom stereocenters. The highest BCUT2D eigenvalue weighted by Crippen LogP contribution is 2.22. The summed E-state index contributed by atoms with van der Waals surface area (Å²) >= 11 is 6.03. The summed E-state index contributed by atoms with van der Waals surface area (Å²) in [4.78, 5) is 30.6. The molecule has 0 spiro atoms. The van der Waals surface area contributed by atoms with Gasteiger partial charge >= 0.3 is 0 Å². The Balaban J connectivity index is 1.34. The molecule has 242 valence electrons. The summed E-state index contributed by atoms with van der Waals surface area (Å²) in [5.74, 6) is 0.0733. The first-order chi connectivity index (χ1) is 22.7. The molecule has 0 saturated carbocycles. The lowest BCUT2D eigenvalue weighted by Gasteiger charge is -2.33. The van der Waals surface area contributed by atoms with Crippen LogP contribution in [0.5, 0.6) is 0 Å². The van der Waals surface area contributed by atoms with Crippen molar-refractivity contribution in [3.63, 3.8) is 0 Å². The van der Waals surface area contributed by atoms with Crippen molar-refractivity contribution in [2.24, 2.45) is 5.92 Å². The standard InChI is InChI=1S/C37H40N6O3S/c1-4-27(3)35(40-36(44)20-33-21-38-25-42(33)22-28-15-17-32(18-16-28)43(45)46)24-41(37(47)39-31-13-7-9-26(2)19-31)23-30-12-8-11-29-10-5-6-14-34(29)30/h5-19,21,25,27,35H,4,20,22-24H2,1-3H3,(H,39,47)(H,40,44)/t27-,35+/m0/s1. The van der Waals surface area contributed by atoms with Gasteiger partial charge in [-0.25, -0.2) is 4.98 Å². The minimum atomic E-state index is -0.418. The summed E-state index contributed by atoms with van der Waals surface area (Å²) < 4.78 is 1.90. The summed E-state index contributed by atoms with van der Waals surface area (Å²) in [6, 6.07) is 29.0. The quantitative estimate of drug-likeness (QED) is 0.0786. The molecule has 0 radical (unpaired) electrons. The maximum Gasteiger partial charge on any atom is 0.269 e. The smallest absolute Gasteiger partial charge is 0.269 e. The van der Waals surface area contributed by atoms with E-state index in [0.717, 1.165) is 34.5 Å². The van der Waals surface area contributed by atoms with Gasteiger partial charge in [-0.1, -0.05) is 87.0 Å². The number of aryl methyl sites for hydroxylation is 1. The fourth-order valence-corrected chi connectivity index (χ4v) is 5.91. The van der Waals surface area contributed by atoms with Crippen molar-refractivity contribution in [3.05, 3.63) is 136 Å². The van der Waals surface area contributed by atoms with E-state index in [1.165, 1.54) is 22.9 Å². The highest BCUT2D eigenvalue weighted by atomic mass is 32.1. The van der Waals surface area contributed by atoms with Gasteiger partial charge in [0.2, 0.25) is 5.91 Å². The number of anilines is 1. The van der Waals surface area contributed by atoms with E-state index in [1.54, 1.807) is 24.7 Å². The summed E-state index contributed by atoms with van der Waals surface area (Å²) in [6.45, 7) is 7.87. The van der Waals surface area contributed by atoms with Crippen molar-refractivity contribution < 1.29 is 9.72 Å². The van der Waals surface area contributed by atoms with Crippen molar-refractivity contribution in [1.29, 1.82) is 0 Å². The average molecular weight is 649 g/mol. The molecule has 0 aliphatic carbocycles. The van der Waals surface area contributed by atoms with E-state index in [4.69, 9.17) is 12.2 Å². The number of carbonyl (C=O) groups excluding carboxylic acids is 1. The van der Waals surface area contributed by atoms with Crippen LogP contribution >= 0.6 is 12.2 Å². The number of hydrogen-bond donors (Lipinski definition) is 2. The normalized spacial score (nSPS) is 12.3. The van der Waals surface area contributed by atoms with E-state index >= 15 is 0 Å². The fourth-order valence-electron chi connectivity index (χ4n) is 5.65. The first-order valence-corrected chi connectivity index (χ1v) is 16.2. The van der Waals surface area contributed by atoms with Gasteiger partial charge < -0.3 is 20.1 Å². The number of aromatic nitrogens is 2. The predicted octanol–water partition coefficient (Wildman–Crippen LogP) is 7.27. The molecule has 10 heteroatoms. The van der Waals surface area contributed by atoms with Crippen LogP contribution in [0, 0.1) is 23.0 Å². The van der Waals surface area contributed by atoms with E-state index in [9.17, 15) is 14.9 Å². The van der Waals surface area contributed by atoms with Crippen molar-refractivity contribution in [3.8, 4) is 0 Å². The molecule has 5 aromatic rings. The van der Waals surface area contributed by atoms with Gasteiger partial charge in [-0.3, -0.25) is 14.9 Å². The number of nitro benzene ring substituents is 1. The fraction of sp³-hybridized carbons (Fsp3) is 0.270. The van der Waals surface area contributed by atoms with Crippen molar-refractivity contribution in [1.82, 2.24) is 19.8 Å². The Morgan fingerprint density at radius 2 is 1.79 bits per heavy atom. The number of non-ortho nitro benzene ring substituents is 1. The second kappa shape index (κ2) is 15.5. The number of thiocarbonyl (C=S) groups is 1. The second-order valence-electron chi connectivity index (χ2n) is 12.0. The lowest BCUT2D eigenvalue weighted by molar-refractivity contribution is -0.384. The Labute approximate surface area is 280 Å². The summed E-state index contributed by atoms with van der Waals surface area (Å²) in [6.07, 6.45) is 4.40. The van der Waals surface area contributed by atoms with E-state index in [0.29, 0.717) is 24.7 Å². The number of rotatable bonds is 13. The topological polar surface area (TPSA) is 105 Å². The molecule has 0 unspecified atom stereocenters. The van der Waals surface area contributed by atoms with Gasteiger partial charge in [0, 0.05) is 55.4 Å². The first-order valence-electron chi connectivity index (χ1n) is 15.8. The first kappa shape index (κ1) is 33.3. The van der Waals surface area contributed by atoms with E-state index in [2.05, 4.69) is 83.8 Å². The molecule has 1 aromatic heterocycles. The highest BCUT2D eigenvalue weighted by Gasteiger charge is 2.24. The molecule has 0 aliphatic rings. The van der Waals surface area contributed by atoms with Crippen molar-refractivity contribution in [2.75, 3.05) is 11.9 Å². The number of imidazole rings is 1. The minimum Gasteiger partial charge on any atom is -0.351 e. The second-order valence-corrected chi connectivity index (χ2v) is 12.4. The zero-order chi connectivity index (χ0) is 33.3. The Morgan fingerprint density at radius 3 is 2.53 bits per heavy atom. The molecule has 1 amide bonds. The molecular formula is C37H40N6O3S. The summed E-state index contributed by atoms with van der Waals surface area (Å²) in [5, 5.41) is 20.7. The average Bonchev–Trinajstić information content (AvgIpc) is 3.49. The molecule has 2 N–H and O–H groups in total. The monoisotopic (exact) mass is 648 g/mol. The molecule has 0 aliphatic heterocycles. The molecule has 5 rings (SSSR count). The SMILES string of the molecule is CC[C@H](C)[C@@H](CN(Cc1cccc2ccccc12)C(=S)Nc1cccc(C)c1)NC(=O)Cc1cncn1Cc1ccc([N+](=O)[O-])cc1. The maximum absolute atomic E-state index is 13.6. The molecule has 0 bridgehead atoms. The van der Waals surface area contributed by atoms with E-state index in [1.807, 2.05) is 28.8 Å². The molecular weight excluding hydrogens is 609 g/mol. The van der Waals surface area contributed by atoms with Gasteiger partial charge in [0.15, 0.2) is 5.11 Å². The van der Waals surface area contributed by atoms with Crippen LogP contribution in [0.15, 0.2) is 104 Å². The number of nitrogens with one attached hydrogen (secondary N) is 2. The van der Waals surface area contributed by atoms with Crippen LogP contribution in [-0.4, -0.2) is 43.0 Å². The zero-order valence-corrected chi connectivity index (χ0v) is 27.7. The lowest BCUT2D eigenvalue weighted by Crippen LogP contribution is -2.50. The van der Waals surface area contributed by atoms with Gasteiger partial charge in [0.25, 0.3) is 5.69 Å². The molecule has 0 saturated heterocycles. The van der Waals surface area contributed by atoms with Crippen LogP contribution in [0.1, 0.15) is 42.7 Å². The minimum absolute atomic E-state index is 0.0399. The van der Waals surface area contributed by atoms with Crippen LogP contribution in [0.4, 0.5) is 11.4 Å². The number of hydrogen-bond acceptors (Lipinski definition) is 5. The van der Waals surface area contributed by atoms with Crippen LogP contribution < -0.4 is 10.6 Å². The third-order valence-electron chi connectivity index (χ3n) is 8.53. The van der Waals surface area contributed by atoms with Gasteiger partial charge in [0.1, 0.15) is 0 Å². The molecule has 0 fully saturated rings. The van der Waals surface area contributed by atoms with E-state index < -0.39 is 4.92 Å². The van der Waals surface area contributed by atoms with Crippen LogP contribution in [0.2, 0.25) is 0 Å². The summed E-state index contributed by atoms with van der Waals surface area (Å²) in [5.41, 5.74) is 4.89. The maximum atomic E-state index is 13.6. The van der Waals surface area contributed by atoms with Crippen molar-refractivity contribution in [2.45, 2.75) is 52.7 Å². The number of benzene rings is 4. The van der Waals surface area contributed by atoms with Crippen LogP contribution in [0.25, 0.3) is 10.8 Å². The van der Waals surface area contributed by atoms with Gasteiger partial charge in [-0.2, -0.15) is 0 Å². The van der Waals surface area contributed by atoms with Gasteiger partial charge in [0.05, 0.1) is 17.7 Å². The summed E-state index contributed by atoms with van der Waals surface area (Å²) in [7, 11) is 0. The Morgan fingerprint density at radius 1 is 1.04 bits per heavy atom. The lowest BCUT2D eigenvalue weighted by atomic mass is 9.97. The van der Waals surface area contributed by atoms with Gasteiger partial charge in [-0.05, 0) is 64.7 Å². The largest absolute Gasteiger partial charge is 0.351 e. The predicted molar refractivity (Wildman–Crippen MR) is 191 cm³/mol. The number of fused-ring (bicyclic) bond motifs is 1. The van der Waals surface area contributed by atoms with Crippen molar-refractivity contribution >= 4 is 45.4 Å². The van der Waals surface area contributed by atoms with Gasteiger partial charge in [-0.15, -0.1) is 0 Å². The number of carbonyl (C=O) groups is 1. The third kappa shape index (κ3) is 8.80. The molecule has 9 nitrogen and oxygen atoms in total. The Bertz CT molecular complexity index is 1850.